The van der Waals surface area contributed by atoms with Gasteiger partial charge in [0, 0.05) is 25.2 Å². The second kappa shape index (κ2) is 7.52. The largest absolute Gasteiger partial charge is 0.415 e. The molecular formula is C21H18F2N8O. The van der Waals surface area contributed by atoms with E-state index in [1.165, 1.54) is 0 Å². The Morgan fingerprint density at radius 3 is 2.38 bits per heavy atom. The molecule has 5 aromatic rings. The molecule has 0 aliphatic carbocycles. The van der Waals surface area contributed by atoms with Gasteiger partial charge in [-0.25, -0.2) is 4.68 Å². The van der Waals surface area contributed by atoms with E-state index in [9.17, 15) is 8.78 Å². The van der Waals surface area contributed by atoms with Crippen LogP contribution in [0.3, 0.4) is 0 Å². The fourth-order valence-corrected chi connectivity index (χ4v) is 3.58. The molecule has 0 fully saturated rings. The van der Waals surface area contributed by atoms with Crippen LogP contribution in [-0.2, 0) is 20.6 Å². The molecule has 162 valence electrons. The van der Waals surface area contributed by atoms with Crippen molar-refractivity contribution in [3.63, 3.8) is 0 Å². The van der Waals surface area contributed by atoms with Crippen molar-refractivity contribution < 1.29 is 13.2 Å². The first kappa shape index (κ1) is 19.8. The van der Waals surface area contributed by atoms with Crippen LogP contribution in [0.2, 0.25) is 0 Å². The monoisotopic (exact) mass is 436 g/mol. The van der Waals surface area contributed by atoms with Gasteiger partial charge in [-0.3, -0.25) is 5.41 Å². The maximum Gasteiger partial charge on any atom is 0.314 e. The molecule has 32 heavy (non-hydrogen) atoms. The highest BCUT2D eigenvalue weighted by Crippen LogP contribution is 2.24. The van der Waals surface area contributed by atoms with Crippen molar-refractivity contribution in [1.29, 1.82) is 5.41 Å². The highest BCUT2D eigenvalue weighted by Gasteiger charge is 2.17. The highest BCUT2D eigenvalue weighted by molar-refractivity contribution is 5.81. The van der Waals surface area contributed by atoms with E-state index in [1.54, 1.807) is 16.8 Å². The van der Waals surface area contributed by atoms with Gasteiger partial charge in [0.25, 0.3) is 5.89 Å². The Bertz CT molecular complexity index is 1480. The molecule has 3 aromatic heterocycles. The molecule has 2 aromatic carbocycles. The Morgan fingerprint density at radius 2 is 1.66 bits per heavy atom. The fraction of sp³-hybridized carbons (Fsp3) is 0.190. The summed E-state index contributed by atoms with van der Waals surface area (Å²) in [6.07, 6.45) is -0.941. The Kier molecular flexibility index (Phi) is 4.65. The molecule has 9 nitrogen and oxygen atoms in total. The third-order valence-corrected chi connectivity index (χ3v) is 5.34. The molecule has 0 aliphatic heterocycles. The third kappa shape index (κ3) is 3.37. The molecule has 1 N–H and O–H groups in total. The summed E-state index contributed by atoms with van der Waals surface area (Å²) in [6, 6.07) is 13.1. The Hall–Kier alpha value is -4.15. The lowest BCUT2D eigenvalue weighted by molar-refractivity contribution is 0.116. The van der Waals surface area contributed by atoms with E-state index in [4.69, 9.17) is 9.83 Å². The Morgan fingerprint density at radius 1 is 0.938 bits per heavy atom. The number of aryl methyl sites for hydroxylation is 2. The van der Waals surface area contributed by atoms with E-state index in [1.807, 2.05) is 59.8 Å². The van der Waals surface area contributed by atoms with Crippen LogP contribution in [0.25, 0.3) is 33.7 Å². The summed E-state index contributed by atoms with van der Waals surface area (Å²) in [5.74, 6) is -0.643. The van der Waals surface area contributed by atoms with E-state index < -0.39 is 12.3 Å². The summed E-state index contributed by atoms with van der Waals surface area (Å²) in [6.45, 7) is 0.484. The van der Waals surface area contributed by atoms with E-state index in [-0.39, 0.29) is 5.89 Å². The second-order valence-corrected chi connectivity index (χ2v) is 7.39. The summed E-state index contributed by atoms with van der Waals surface area (Å²) in [5, 5.41) is 23.6. The number of aromatic nitrogens is 7. The minimum Gasteiger partial charge on any atom is -0.415 e. The zero-order valence-electron chi connectivity index (χ0n) is 17.2. The van der Waals surface area contributed by atoms with Crippen LogP contribution < -0.4 is 5.62 Å². The lowest BCUT2D eigenvalue weighted by Crippen LogP contribution is -2.19. The van der Waals surface area contributed by atoms with Crippen molar-refractivity contribution in [2.45, 2.75) is 13.0 Å². The topological polar surface area (TPSA) is 103 Å². The zero-order chi connectivity index (χ0) is 22.4. The quantitative estimate of drug-likeness (QED) is 0.455. The first-order valence-electron chi connectivity index (χ1n) is 9.72. The summed E-state index contributed by atoms with van der Waals surface area (Å²) in [5.41, 5.74) is 5.46. The molecule has 0 saturated heterocycles. The molecule has 0 amide bonds. The van der Waals surface area contributed by atoms with E-state index >= 15 is 0 Å². The number of fused-ring (bicyclic) bond motifs is 1. The second-order valence-electron chi connectivity index (χ2n) is 7.39. The molecule has 11 heteroatoms. The summed E-state index contributed by atoms with van der Waals surface area (Å²) in [4.78, 5) is 0. The number of nitrogens with zero attached hydrogens (tertiary/aromatic N) is 7. The zero-order valence-corrected chi connectivity index (χ0v) is 17.2. The van der Waals surface area contributed by atoms with Gasteiger partial charge >= 0.3 is 6.43 Å². The van der Waals surface area contributed by atoms with E-state index in [2.05, 4.69) is 20.5 Å². The van der Waals surface area contributed by atoms with Crippen molar-refractivity contribution in [1.82, 2.24) is 34.3 Å². The van der Waals surface area contributed by atoms with Gasteiger partial charge in [0.2, 0.25) is 11.5 Å². The Balaban J connectivity index is 1.35. The molecular weight excluding hydrogens is 418 g/mol. The lowest BCUT2D eigenvalue weighted by Gasteiger charge is -2.02. The van der Waals surface area contributed by atoms with Crippen molar-refractivity contribution in [2.24, 2.45) is 14.1 Å². The molecule has 0 spiro atoms. The van der Waals surface area contributed by atoms with Gasteiger partial charge < -0.3 is 13.6 Å². The SMILES string of the molecule is Cn1c(=N)n(C)c2cc(-c3cn(Cc4ccc(-c5nnc(C(F)F)o5)cc4)nn3)ccc21. The molecule has 0 bridgehead atoms. The van der Waals surface area contributed by atoms with Crippen LogP contribution in [0.1, 0.15) is 17.9 Å². The number of nitrogens with one attached hydrogen (secondary N) is 1. The maximum atomic E-state index is 12.6. The fourth-order valence-electron chi connectivity index (χ4n) is 3.58. The standard InChI is InChI=1S/C21H18F2N8O/c1-29-16-8-7-14(9-17(16)30(2)21(29)24)15-11-31(28-25-15)10-12-3-5-13(6-4-12)19-26-27-20(32-19)18(22)23/h3-9,11,18,24H,10H2,1-2H3. The first-order valence-corrected chi connectivity index (χ1v) is 9.72. The molecule has 0 aliphatic rings. The average molecular weight is 436 g/mol. The van der Waals surface area contributed by atoms with Crippen LogP contribution in [0.5, 0.6) is 0 Å². The predicted molar refractivity (Wildman–Crippen MR) is 111 cm³/mol. The normalized spacial score (nSPS) is 11.7. The highest BCUT2D eigenvalue weighted by atomic mass is 19.3. The minimum absolute atomic E-state index is 0.0511. The van der Waals surface area contributed by atoms with Crippen molar-refractivity contribution in [3.8, 4) is 22.7 Å². The van der Waals surface area contributed by atoms with Crippen LogP contribution >= 0.6 is 0 Å². The van der Waals surface area contributed by atoms with Crippen molar-refractivity contribution in [3.05, 3.63) is 65.7 Å². The van der Waals surface area contributed by atoms with Crippen LogP contribution in [-0.4, -0.2) is 34.3 Å². The molecule has 0 saturated carbocycles. The number of hydrogen-bond donors (Lipinski definition) is 1. The molecule has 3 heterocycles. The number of alkyl halides is 2. The molecule has 0 unspecified atom stereocenters. The number of hydrogen-bond acceptors (Lipinski definition) is 6. The third-order valence-electron chi connectivity index (χ3n) is 5.34. The smallest absolute Gasteiger partial charge is 0.314 e. The summed E-state index contributed by atoms with van der Waals surface area (Å²) < 4.78 is 35.6. The molecule has 0 atom stereocenters. The minimum atomic E-state index is -2.80. The average Bonchev–Trinajstić information content (AvgIpc) is 3.52. The van der Waals surface area contributed by atoms with Gasteiger partial charge in [-0.2, -0.15) is 8.78 Å². The van der Waals surface area contributed by atoms with Gasteiger partial charge in [-0.05, 0) is 29.8 Å². The number of imidazole rings is 1. The van der Waals surface area contributed by atoms with Crippen molar-refractivity contribution in [2.75, 3.05) is 0 Å². The van der Waals surface area contributed by atoms with Crippen molar-refractivity contribution >= 4 is 11.0 Å². The van der Waals surface area contributed by atoms with Gasteiger partial charge in [0.1, 0.15) is 5.69 Å². The number of rotatable bonds is 5. The molecule has 5 rings (SSSR count). The van der Waals surface area contributed by atoms with E-state index in [0.717, 1.165) is 27.9 Å². The van der Waals surface area contributed by atoms with Crippen LogP contribution in [0, 0.1) is 5.41 Å². The number of benzene rings is 2. The van der Waals surface area contributed by atoms with Gasteiger partial charge in [0.05, 0.1) is 23.8 Å². The van der Waals surface area contributed by atoms with E-state index in [0.29, 0.717) is 17.7 Å². The van der Waals surface area contributed by atoms with Gasteiger partial charge in [-0.1, -0.05) is 23.4 Å². The predicted octanol–water partition coefficient (Wildman–Crippen LogP) is 3.29. The van der Waals surface area contributed by atoms with Crippen LogP contribution in [0.4, 0.5) is 8.78 Å². The van der Waals surface area contributed by atoms with Crippen LogP contribution in [0.15, 0.2) is 53.1 Å². The van der Waals surface area contributed by atoms with Gasteiger partial charge in [-0.15, -0.1) is 15.3 Å². The summed E-state index contributed by atoms with van der Waals surface area (Å²) >= 11 is 0. The summed E-state index contributed by atoms with van der Waals surface area (Å²) in [7, 11) is 3.72. The Labute approximate surface area is 180 Å². The molecule has 0 radical (unpaired) electrons. The van der Waals surface area contributed by atoms with Gasteiger partial charge in [0.15, 0.2) is 0 Å². The number of halogens is 2. The maximum absolute atomic E-state index is 12.6. The lowest BCUT2D eigenvalue weighted by atomic mass is 10.1. The first-order chi connectivity index (χ1) is 15.4.